The Balaban J connectivity index is 2.46. The Kier molecular flexibility index (Phi) is 4.17. The molecule has 4 nitrogen and oxygen atoms in total. The maximum absolute atomic E-state index is 10.9. The van der Waals surface area contributed by atoms with Crippen molar-refractivity contribution in [3.63, 3.8) is 0 Å². The fourth-order valence-electron chi connectivity index (χ4n) is 0.577. The van der Waals surface area contributed by atoms with Crippen LogP contribution in [0.5, 0.6) is 0 Å². The standard InChI is InChI=1S/C7H8BrN3OS/c1-9-6(12)4-13-7-10-2-5(8)3-11-7/h2-3H,4H2,1H3,(H,9,12). The largest absolute Gasteiger partial charge is 0.358 e. The minimum atomic E-state index is -0.0310. The summed E-state index contributed by atoms with van der Waals surface area (Å²) in [6, 6.07) is 0. The van der Waals surface area contributed by atoms with Crippen LogP contribution in [0.25, 0.3) is 0 Å². The van der Waals surface area contributed by atoms with Gasteiger partial charge in [-0.2, -0.15) is 0 Å². The first-order chi connectivity index (χ1) is 6.22. The van der Waals surface area contributed by atoms with Gasteiger partial charge in [-0.15, -0.1) is 0 Å². The summed E-state index contributed by atoms with van der Waals surface area (Å²) >= 11 is 4.53. The van der Waals surface area contributed by atoms with Crippen molar-refractivity contribution in [2.75, 3.05) is 12.8 Å². The molecule has 0 aliphatic heterocycles. The Hall–Kier alpha value is -0.620. The van der Waals surface area contributed by atoms with Crippen molar-refractivity contribution in [1.82, 2.24) is 15.3 Å². The molecule has 13 heavy (non-hydrogen) atoms. The summed E-state index contributed by atoms with van der Waals surface area (Å²) in [5, 5.41) is 3.13. The van der Waals surface area contributed by atoms with E-state index in [0.717, 1.165) is 4.47 Å². The zero-order valence-electron chi connectivity index (χ0n) is 6.95. The lowest BCUT2D eigenvalue weighted by molar-refractivity contribution is -0.118. The van der Waals surface area contributed by atoms with E-state index in [9.17, 15) is 4.79 Å². The Morgan fingerprint density at radius 2 is 2.23 bits per heavy atom. The summed E-state index contributed by atoms with van der Waals surface area (Å²) in [7, 11) is 1.60. The molecule has 1 aromatic rings. The Morgan fingerprint density at radius 1 is 1.62 bits per heavy atom. The third-order valence-electron chi connectivity index (χ3n) is 1.21. The summed E-state index contributed by atoms with van der Waals surface area (Å²) in [5.41, 5.74) is 0. The molecule has 1 heterocycles. The molecule has 0 aliphatic carbocycles. The molecule has 1 N–H and O–H groups in total. The quantitative estimate of drug-likeness (QED) is 0.654. The number of aromatic nitrogens is 2. The van der Waals surface area contributed by atoms with Gasteiger partial charge in [0, 0.05) is 19.4 Å². The van der Waals surface area contributed by atoms with E-state index in [2.05, 4.69) is 31.2 Å². The number of rotatable bonds is 3. The van der Waals surface area contributed by atoms with Crippen molar-refractivity contribution in [3.05, 3.63) is 16.9 Å². The van der Waals surface area contributed by atoms with Gasteiger partial charge in [-0.3, -0.25) is 4.79 Å². The van der Waals surface area contributed by atoms with Crippen LogP contribution in [0.4, 0.5) is 0 Å². The lowest BCUT2D eigenvalue weighted by atomic mass is 10.7. The number of carbonyl (C=O) groups is 1. The van der Waals surface area contributed by atoms with Crippen molar-refractivity contribution in [2.24, 2.45) is 0 Å². The second-order valence-electron chi connectivity index (χ2n) is 2.15. The summed E-state index contributed by atoms with van der Waals surface area (Å²) in [6.07, 6.45) is 3.30. The number of halogens is 1. The SMILES string of the molecule is CNC(=O)CSc1ncc(Br)cn1. The van der Waals surface area contributed by atoms with Gasteiger partial charge in [0.25, 0.3) is 0 Å². The first kappa shape index (κ1) is 10.5. The second-order valence-corrected chi connectivity index (χ2v) is 4.00. The number of nitrogens with zero attached hydrogens (tertiary/aromatic N) is 2. The first-order valence-electron chi connectivity index (χ1n) is 3.53. The van der Waals surface area contributed by atoms with Gasteiger partial charge in [-0.05, 0) is 15.9 Å². The number of thioether (sulfide) groups is 1. The highest BCUT2D eigenvalue weighted by atomic mass is 79.9. The van der Waals surface area contributed by atoms with E-state index in [1.165, 1.54) is 11.8 Å². The van der Waals surface area contributed by atoms with Crippen LogP contribution in [-0.2, 0) is 4.79 Å². The molecule has 1 amide bonds. The van der Waals surface area contributed by atoms with Gasteiger partial charge in [0.1, 0.15) is 0 Å². The third kappa shape index (κ3) is 3.73. The fourth-order valence-corrected chi connectivity index (χ4v) is 1.44. The molecule has 0 bridgehead atoms. The van der Waals surface area contributed by atoms with Gasteiger partial charge in [0.05, 0.1) is 10.2 Å². The highest BCUT2D eigenvalue weighted by Crippen LogP contribution is 2.13. The molecule has 0 atom stereocenters. The number of nitrogens with one attached hydrogen (secondary N) is 1. The maximum Gasteiger partial charge on any atom is 0.230 e. The third-order valence-corrected chi connectivity index (χ3v) is 2.49. The van der Waals surface area contributed by atoms with E-state index in [0.29, 0.717) is 10.9 Å². The topological polar surface area (TPSA) is 54.9 Å². The fraction of sp³-hybridized carbons (Fsp3) is 0.286. The van der Waals surface area contributed by atoms with Gasteiger partial charge >= 0.3 is 0 Å². The molecule has 1 aromatic heterocycles. The van der Waals surface area contributed by atoms with E-state index >= 15 is 0 Å². The van der Waals surface area contributed by atoms with Crippen LogP contribution >= 0.6 is 27.7 Å². The van der Waals surface area contributed by atoms with Gasteiger partial charge in [-0.1, -0.05) is 11.8 Å². The number of hydrogen-bond acceptors (Lipinski definition) is 4. The molecule has 0 spiro atoms. The van der Waals surface area contributed by atoms with Gasteiger partial charge in [0.2, 0.25) is 5.91 Å². The summed E-state index contributed by atoms with van der Waals surface area (Å²) < 4.78 is 0.830. The van der Waals surface area contributed by atoms with Gasteiger partial charge < -0.3 is 5.32 Å². The van der Waals surface area contributed by atoms with Crippen LogP contribution < -0.4 is 5.32 Å². The maximum atomic E-state index is 10.9. The smallest absolute Gasteiger partial charge is 0.230 e. The number of amides is 1. The van der Waals surface area contributed by atoms with E-state index in [-0.39, 0.29) is 5.91 Å². The minimum absolute atomic E-state index is 0.0310. The zero-order valence-corrected chi connectivity index (χ0v) is 9.35. The van der Waals surface area contributed by atoms with E-state index in [4.69, 9.17) is 0 Å². The summed E-state index contributed by atoms with van der Waals surface area (Å²) in [5.74, 6) is 0.314. The van der Waals surface area contributed by atoms with E-state index < -0.39 is 0 Å². The van der Waals surface area contributed by atoms with Crippen LogP contribution in [0, 0.1) is 0 Å². The van der Waals surface area contributed by atoms with Crippen molar-refractivity contribution in [2.45, 2.75) is 5.16 Å². The van der Waals surface area contributed by atoms with Crippen LogP contribution in [0.3, 0.4) is 0 Å². The average molecular weight is 262 g/mol. The molecule has 0 saturated heterocycles. The zero-order chi connectivity index (χ0) is 9.68. The molecule has 0 unspecified atom stereocenters. The Bertz CT molecular complexity index is 290. The van der Waals surface area contributed by atoms with Crippen LogP contribution in [0.2, 0.25) is 0 Å². The first-order valence-corrected chi connectivity index (χ1v) is 5.31. The predicted molar refractivity (Wildman–Crippen MR) is 54.5 cm³/mol. The summed E-state index contributed by atoms with van der Waals surface area (Å²) in [4.78, 5) is 18.9. The van der Waals surface area contributed by atoms with Crippen LogP contribution in [-0.4, -0.2) is 28.7 Å². The molecule has 0 radical (unpaired) electrons. The lowest BCUT2D eigenvalue weighted by Crippen LogP contribution is -2.19. The molecule has 0 aliphatic rings. The monoisotopic (exact) mass is 261 g/mol. The van der Waals surface area contributed by atoms with E-state index in [1.807, 2.05) is 0 Å². The summed E-state index contributed by atoms with van der Waals surface area (Å²) in [6.45, 7) is 0. The molecule has 0 aromatic carbocycles. The minimum Gasteiger partial charge on any atom is -0.358 e. The highest BCUT2D eigenvalue weighted by molar-refractivity contribution is 9.10. The Labute approximate surface area is 88.7 Å². The van der Waals surface area contributed by atoms with Crippen molar-refractivity contribution in [1.29, 1.82) is 0 Å². The van der Waals surface area contributed by atoms with Crippen molar-refractivity contribution >= 4 is 33.6 Å². The molecule has 0 saturated carbocycles. The molecule has 6 heteroatoms. The highest BCUT2D eigenvalue weighted by Gasteiger charge is 2.01. The molecule has 0 fully saturated rings. The van der Waals surface area contributed by atoms with Crippen molar-refractivity contribution < 1.29 is 4.79 Å². The Morgan fingerprint density at radius 3 is 2.77 bits per heavy atom. The van der Waals surface area contributed by atoms with Crippen molar-refractivity contribution in [3.8, 4) is 0 Å². The van der Waals surface area contributed by atoms with Gasteiger partial charge in [-0.25, -0.2) is 9.97 Å². The predicted octanol–water partition coefficient (Wildman–Crippen LogP) is 1.08. The van der Waals surface area contributed by atoms with E-state index in [1.54, 1.807) is 19.4 Å². The average Bonchev–Trinajstić information content (AvgIpc) is 2.16. The molecule has 1 rings (SSSR count). The molecular formula is C7H8BrN3OS. The normalized spacial score (nSPS) is 9.69. The van der Waals surface area contributed by atoms with Crippen LogP contribution in [0.15, 0.2) is 22.0 Å². The molecule has 70 valence electrons. The van der Waals surface area contributed by atoms with Gasteiger partial charge in [0.15, 0.2) is 5.16 Å². The second kappa shape index (κ2) is 5.18. The number of carbonyl (C=O) groups excluding carboxylic acids is 1. The number of hydrogen-bond donors (Lipinski definition) is 1. The molecular weight excluding hydrogens is 254 g/mol. The lowest BCUT2D eigenvalue weighted by Gasteiger charge is -1.98. The van der Waals surface area contributed by atoms with Crippen LogP contribution in [0.1, 0.15) is 0 Å².